The van der Waals surface area contributed by atoms with Crippen LogP contribution in [0.3, 0.4) is 0 Å². The summed E-state index contributed by atoms with van der Waals surface area (Å²) < 4.78 is 0. The topological polar surface area (TPSA) is 26.0 Å². The Morgan fingerprint density at radius 2 is 0.737 bits per heavy atom. The van der Waals surface area contributed by atoms with E-state index in [-0.39, 0.29) is 24.8 Å². The van der Waals surface area contributed by atoms with E-state index < -0.39 is 0 Å². The van der Waals surface area contributed by atoms with E-state index in [0.29, 0.717) is 0 Å². The lowest BCUT2D eigenvalue weighted by Gasteiger charge is -2.02. The smallest absolute Gasteiger partial charge is 0.00773 e. The maximum Gasteiger partial charge on any atom is -0.00773 e. The quantitative estimate of drug-likeness (QED) is 0.376. The fourth-order valence-electron chi connectivity index (χ4n) is 2.34. The molecule has 0 amide bonds. The van der Waals surface area contributed by atoms with Crippen LogP contribution in [0.5, 0.6) is 0 Å². The largest absolute Gasteiger partial charge is 0.330 e. The highest BCUT2D eigenvalue weighted by Crippen LogP contribution is 2.12. The maximum atomic E-state index is 5.47. The predicted octanol–water partition coefficient (Wildman–Crippen LogP) is 6.27. The zero-order valence-electron chi connectivity index (χ0n) is 13.0. The fraction of sp³-hybridized carbons (Fsp3) is 1.00. The predicted molar refractivity (Wildman–Crippen MR) is 93.9 cm³/mol. The summed E-state index contributed by atoms with van der Waals surface area (Å²) in [6, 6.07) is 0. The lowest BCUT2D eigenvalue weighted by atomic mass is 10.0. The Hall–Kier alpha value is 0.540. The number of nitrogens with two attached hydrogens (primary N) is 1. The Labute approximate surface area is 134 Å². The molecule has 0 heterocycles. The van der Waals surface area contributed by atoms with E-state index in [0.717, 1.165) is 6.54 Å². The summed E-state index contributed by atoms with van der Waals surface area (Å²) in [5.41, 5.74) is 5.47. The van der Waals surface area contributed by atoms with Crippen molar-refractivity contribution in [1.82, 2.24) is 0 Å². The molecule has 0 saturated heterocycles. The maximum absolute atomic E-state index is 5.47. The van der Waals surface area contributed by atoms with Crippen LogP contribution in [0.2, 0.25) is 0 Å². The first-order valence-electron chi connectivity index (χ1n) is 8.12. The Morgan fingerprint density at radius 3 is 1.00 bits per heavy atom. The van der Waals surface area contributed by atoms with Crippen LogP contribution in [0.1, 0.15) is 96.8 Å². The molecule has 0 bridgehead atoms. The highest BCUT2D eigenvalue weighted by atomic mass is 35.5. The van der Waals surface area contributed by atoms with Crippen molar-refractivity contribution in [1.29, 1.82) is 0 Å². The van der Waals surface area contributed by atoms with Gasteiger partial charge in [-0.15, -0.1) is 24.8 Å². The molecule has 0 saturated carbocycles. The van der Waals surface area contributed by atoms with Gasteiger partial charge in [0.25, 0.3) is 0 Å². The van der Waals surface area contributed by atoms with Gasteiger partial charge in [0.2, 0.25) is 0 Å². The van der Waals surface area contributed by atoms with Gasteiger partial charge in [0.1, 0.15) is 0 Å². The zero-order chi connectivity index (χ0) is 12.6. The standard InChI is InChI=1S/C16H35N.2ClH/c1-2-3-4-5-6-7-8-9-10-11-12-13-14-15-16-17;;/h2-17H2,1H3;2*1H. The van der Waals surface area contributed by atoms with Crippen LogP contribution < -0.4 is 5.73 Å². The second-order valence-corrected chi connectivity index (χ2v) is 5.38. The fourth-order valence-corrected chi connectivity index (χ4v) is 2.34. The van der Waals surface area contributed by atoms with E-state index >= 15 is 0 Å². The summed E-state index contributed by atoms with van der Waals surface area (Å²) in [4.78, 5) is 0. The molecule has 0 fully saturated rings. The van der Waals surface area contributed by atoms with Gasteiger partial charge in [0.15, 0.2) is 0 Å². The lowest BCUT2D eigenvalue weighted by Crippen LogP contribution is -1.97. The van der Waals surface area contributed by atoms with Gasteiger partial charge in [-0.25, -0.2) is 0 Å². The molecule has 0 atom stereocenters. The molecule has 0 aliphatic heterocycles. The lowest BCUT2D eigenvalue weighted by molar-refractivity contribution is 0.536. The van der Waals surface area contributed by atoms with Gasteiger partial charge in [-0.2, -0.15) is 0 Å². The number of rotatable bonds is 14. The van der Waals surface area contributed by atoms with Crippen LogP contribution in [0, 0.1) is 0 Å². The Balaban J connectivity index is -0.00000128. The van der Waals surface area contributed by atoms with E-state index in [1.807, 2.05) is 0 Å². The van der Waals surface area contributed by atoms with Gasteiger partial charge in [-0.05, 0) is 13.0 Å². The average molecular weight is 314 g/mol. The van der Waals surface area contributed by atoms with Gasteiger partial charge in [0, 0.05) is 0 Å². The molecule has 2 N–H and O–H groups in total. The minimum absolute atomic E-state index is 0. The molecule has 1 nitrogen and oxygen atoms in total. The summed E-state index contributed by atoms with van der Waals surface area (Å²) in [7, 11) is 0. The number of hydrogen-bond donors (Lipinski definition) is 1. The van der Waals surface area contributed by atoms with E-state index in [1.54, 1.807) is 0 Å². The number of hydrogen-bond acceptors (Lipinski definition) is 1. The molecule has 0 spiro atoms. The molecule has 0 rings (SSSR count). The van der Waals surface area contributed by atoms with Crippen molar-refractivity contribution >= 4 is 24.8 Å². The van der Waals surface area contributed by atoms with Crippen molar-refractivity contribution in [3.8, 4) is 0 Å². The van der Waals surface area contributed by atoms with Crippen LogP contribution in [0.25, 0.3) is 0 Å². The summed E-state index contributed by atoms with van der Waals surface area (Å²) in [6.07, 6.45) is 19.9. The molecule has 19 heavy (non-hydrogen) atoms. The normalized spacial score (nSPS) is 9.79. The molecule has 0 aromatic carbocycles. The highest BCUT2D eigenvalue weighted by Gasteiger charge is 1.93. The summed E-state index contributed by atoms with van der Waals surface area (Å²) in [5.74, 6) is 0. The van der Waals surface area contributed by atoms with E-state index in [4.69, 9.17) is 5.73 Å². The van der Waals surface area contributed by atoms with Crippen LogP contribution in [0.15, 0.2) is 0 Å². The molecular weight excluding hydrogens is 277 g/mol. The highest BCUT2D eigenvalue weighted by molar-refractivity contribution is 5.85. The molecule has 0 aliphatic rings. The second kappa shape index (κ2) is 23.6. The van der Waals surface area contributed by atoms with Crippen molar-refractivity contribution in [2.45, 2.75) is 96.8 Å². The third-order valence-corrected chi connectivity index (χ3v) is 3.56. The van der Waals surface area contributed by atoms with Gasteiger partial charge < -0.3 is 5.73 Å². The summed E-state index contributed by atoms with van der Waals surface area (Å²) in [6.45, 7) is 3.16. The van der Waals surface area contributed by atoms with Crippen LogP contribution in [-0.4, -0.2) is 6.54 Å². The molecule has 3 heteroatoms. The van der Waals surface area contributed by atoms with Gasteiger partial charge in [-0.1, -0.05) is 90.4 Å². The summed E-state index contributed by atoms with van der Waals surface area (Å²) >= 11 is 0. The van der Waals surface area contributed by atoms with E-state index in [1.165, 1.54) is 89.9 Å². The molecule has 0 radical (unpaired) electrons. The van der Waals surface area contributed by atoms with Gasteiger partial charge in [0.05, 0.1) is 0 Å². The average Bonchev–Trinajstić information content (AvgIpc) is 2.35. The minimum Gasteiger partial charge on any atom is -0.330 e. The SMILES string of the molecule is CCCCCCCCCCCCCCCCN.Cl.Cl. The van der Waals surface area contributed by atoms with Gasteiger partial charge >= 0.3 is 0 Å². The molecule has 0 unspecified atom stereocenters. The second-order valence-electron chi connectivity index (χ2n) is 5.38. The van der Waals surface area contributed by atoms with Crippen molar-refractivity contribution in [2.24, 2.45) is 5.73 Å². The van der Waals surface area contributed by atoms with Crippen LogP contribution >= 0.6 is 24.8 Å². The first-order valence-corrected chi connectivity index (χ1v) is 8.12. The van der Waals surface area contributed by atoms with Crippen molar-refractivity contribution < 1.29 is 0 Å². The Bertz CT molecular complexity index is 118. The molecular formula is C16H37Cl2N. The van der Waals surface area contributed by atoms with Crippen LogP contribution in [0.4, 0.5) is 0 Å². The first kappa shape index (κ1) is 24.6. The van der Waals surface area contributed by atoms with Crippen LogP contribution in [-0.2, 0) is 0 Å². The van der Waals surface area contributed by atoms with Crippen molar-refractivity contribution in [2.75, 3.05) is 6.54 Å². The molecule has 0 aromatic heterocycles. The molecule has 0 aromatic rings. The molecule has 0 aliphatic carbocycles. The number of halogens is 2. The monoisotopic (exact) mass is 313 g/mol. The van der Waals surface area contributed by atoms with Gasteiger partial charge in [-0.3, -0.25) is 0 Å². The third kappa shape index (κ3) is 24.0. The summed E-state index contributed by atoms with van der Waals surface area (Å²) in [5, 5.41) is 0. The zero-order valence-corrected chi connectivity index (χ0v) is 14.6. The van der Waals surface area contributed by atoms with Crippen molar-refractivity contribution in [3.63, 3.8) is 0 Å². The molecule has 120 valence electrons. The first-order chi connectivity index (χ1) is 8.41. The van der Waals surface area contributed by atoms with E-state index in [2.05, 4.69) is 6.92 Å². The number of unbranched alkanes of at least 4 members (excludes halogenated alkanes) is 13. The Morgan fingerprint density at radius 1 is 0.474 bits per heavy atom. The third-order valence-electron chi connectivity index (χ3n) is 3.56. The Kier molecular flexibility index (Phi) is 30.5. The van der Waals surface area contributed by atoms with E-state index in [9.17, 15) is 0 Å². The minimum atomic E-state index is 0. The van der Waals surface area contributed by atoms with Crippen molar-refractivity contribution in [3.05, 3.63) is 0 Å².